The maximum Gasteiger partial charge on any atom is 0.152 e. The monoisotopic (exact) mass is 301 g/mol. The Kier molecular flexibility index (Phi) is 6.34. The summed E-state index contributed by atoms with van der Waals surface area (Å²) in [6.45, 7) is 2.96. The van der Waals surface area contributed by atoms with Crippen LogP contribution in [0.4, 0.5) is 0 Å². The summed E-state index contributed by atoms with van der Waals surface area (Å²) >= 11 is 0. The van der Waals surface area contributed by atoms with Gasteiger partial charge in [-0.2, -0.15) is 0 Å². The third-order valence-corrected chi connectivity index (χ3v) is 6.93. The topological polar surface area (TPSA) is 46.2 Å². The van der Waals surface area contributed by atoms with Crippen molar-refractivity contribution in [3.8, 4) is 0 Å². The number of sulfone groups is 1. The van der Waals surface area contributed by atoms with E-state index in [2.05, 4.69) is 12.2 Å². The van der Waals surface area contributed by atoms with Crippen molar-refractivity contribution in [1.82, 2.24) is 5.32 Å². The largest absolute Gasteiger partial charge is 0.313 e. The zero-order valence-electron chi connectivity index (χ0n) is 12.9. The number of hydrogen-bond donors (Lipinski definition) is 1. The zero-order chi connectivity index (χ0) is 14.4. The van der Waals surface area contributed by atoms with Gasteiger partial charge >= 0.3 is 0 Å². The molecule has 2 rings (SSSR count). The summed E-state index contributed by atoms with van der Waals surface area (Å²) in [6, 6.07) is 0.187. The highest BCUT2D eigenvalue weighted by Crippen LogP contribution is 2.29. The molecule has 0 amide bonds. The minimum atomic E-state index is -2.90. The summed E-state index contributed by atoms with van der Waals surface area (Å²) in [4.78, 5) is 0. The molecule has 0 radical (unpaired) electrons. The molecule has 2 fully saturated rings. The van der Waals surface area contributed by atoms with Crippen LogP contribution in [0.3, 0.4) is 0 Å². The van der Waals surface area contributed by atoms with Gasteiger partial charge in [0.25, 0.3) is 0 Å². The Hall–Kier alpha value is -0.0900. The molecule has 1 unspecified atom stereocenters. The molecule has 2 aliphatic carbocycles. The van der Waals surface area contributed by atoms with Crippen molar-refractivity contribution in [3.63, 3.8) is 0 Å². The van der Waals surface area contributed by atoms with E-state index in [-0.39, 0.29) is 6.04 Å². The van der Waals surface area contributed by atoms with Crippen LogP contribution >= 0.6 is 0 Å². The fraction of sp³-hybridized carbons (Fsp3) is 1.00. The number of nitrogens with one attached hydrogen (secondary N) is 1. The lowest BCUT2D eigenvalue weighted by Gasteiger charge is -2.31. The van der Waals surface area contributed by atoms with Crippen LogP contribution in [0, 0.1) is 11.8 Å². The molecule has 3 nitrogen and oxygen atoms in total. The molecule has 0 aromatic heterocycles. The first-order chi connectivity index (χ1) is 9.61. The minimum absolute atomic E-state index is 0.187. The third kappa shape index (κ3) is 5.03. The highest BCUT2D eigenvalue weighted by molar-refractivity contribution is 7.91. The van der Waals surface area contributed by atoms with Crippen LogP contribution in [0.15, 0.2) is 0 Å². The molecule has 1 atom stereocenters. The standard InChI is InChI=1S/C16H31NO2S/c1-2-17-16(15-10-4-3-5-11-15)13-20(18,19)12-14-8-6-7-9-14/h14-17H,2-13H2,1H3. The van der Waals surface area contributed by atoms with Crippen molar-refractivity contribution < 1.29 is 8.42 Å². The van der Waals surface area contributed by atoms with Crippen molar-refractivity contribution in [2.75, 3.05) is 18.1 Å². The summed E-state index contributed by atoms with van der Waals surface area (Å²) in [6.07, 6.45) is 11.0. The highest BCUT2D eigenvalue weighted by Gasteiger charge is 2.29. The first-order valence-corrected chi connectivity index (χ1v) is 10.4. The Morgan fingerprint density at radius 3 is 2.20 bits per heavy atom. The van der Waals surface area contributed by atoms with Gasteiger partial charge in [0.2, 0.25) is 0 Å². The van der Waals surface area contributed by atoms with E-state index in [1.165, 1.54) is 44.9 Å². The van der Waals surface area contributed by atoms with Crippen LogP contribution in [0.25, 0.3) is 0 Å². The van der Waals surface area contributed by atoms with Crippen LogP contribution in [-0.2, 0) is 9.84 Å². The molecule has 118 valence electrons. The van der Waals surface area contributed by atoms with E-state index in [4.69, 9.17) is 0 Å². The number of hydrogen-bond acceptors (Lipinski definition) is 3. The molecule has 0 aromatic rings. The van der Waals surface area contributed by atoms with Crippen molar-refractivity contribution in [2.45, 2.75) is 70.8 Å². The Morgan fingerprint density at radius 2 is 1.60 bits per heavy atom. The molecule has 0 spiro atoms. The quantitative estimate of drug-likeness (QED) is 0.786. The normalized spacial score (nSPS) is 24.1. The van der Waals surface area contributed by atoms with Crippen molar-refractivity contribution >= 4 is 9.84 Å². The fourth-order valence-corrected chi connectivity index (χ4v) is 6.16. The third-order valence-electron chi connectivity index (χ3n) is 5.08. The van der Waals surface area contributed by atoms with Crippen LogP contribution in [-0.4, -0.2) is 32.5 Å². The second-order valence-electron chi connectivity index (χ2n) is 6.79. The summed E-state index contributed by atoms with van der Waals surface area (Å²) in [5, 5.41) is 3.45. The van der Waals surface area contributed by atoms with Crippen molar-refractivity contribution in [1.29, 1.82) is 0 Å². The van der Waals surface area contributed by atoms with Gasteiger partial charge in [0.1, 0.15) is 0 Å². The van der Waals surface area contributed by atoms with Crippen molar-refractivity contribution in [3.05, 3.63) is 0 Å². The molecule has 2 saturated carbocycles. The summed E-state index contributed by atoms with van der Waals surface area (Å²) in [5.74, 6) is 1.81. The summed E-state index contributed by atoms with van der Waals surface area (Å²) in [7, 11) is -2.90. The predicted molar refractivity (Wildman–Crippen MR) is 84.7 cm³/mol. The van der Waals surface area contributed by atoms with Crippen LogP contribution in [0.1, 0.15) is 64.7 Å². The first-order valence-electron chi connectivity index (χ1n) is 8.54. The van der Waals surface area contributed by atoms with E-state index in [0.29, 0.717) is 23.3 Å². The van der Waals surface area contributed by atoms with E-state index in [9.17, 15) is 8.42 Å². The predicted octanol–water partition coefficient (Wildman–Crippen LogP) is 3.15. The van der Waals surface area contributed by atoms with E-state index in [0.717, 1.165) is 19.4 Å². The van der Waals surface area contributed by atoms with Gasteiger partial charge in [-0.1, -0.05) is 39.0 Å². The van der Waals surface area contributed by atoms with Crippen molar-refractivity contribution in [2.24, 2.45) is 11.8 Å². The zero-order valence-corrected chi connectivity index (χ0v) is 13.8. The van der Waals surface area contributed by atoms with Crippen LogP contribution in [0.5, 0.6) is 0 Å². The Bertz CT molecular complexity index is 368. The maximum absolute atomic E-state index is 12.5. The first kappa shape index (κ1) is 16.3. The molecule has 0 aromatic carbocycles. The summed E-state index contributed by atoms with van der Waals surface area (Å²) < 4.78 is 24.9. The Labute approximate surface area is 124 Å². The lowest BCUT2D eigenvalue weighted by molar-refractivity contribution is 0.285. The van der Waals surface area contributed by atoms with E-state index < -0.39 is 9.84 Å². The lowest BCUT2D eigenvalue weighted by Crippen LogP contribution is -2.43. The molecule has 0 aliphatic heterocycles. The van der Waals surface area contributed by atoms with Gasteiger partial charge < -0.3 is 5.32 Å². The van der Waals surface area contributed by atoms with Gasteiger partial charge in [0.05, 0.1) is 11.5 Å². The van der Waals surface area contributed by atoms with Gasteiger partial charge in [-0.05, 0) is 44.1 Å². The van der Waals surface area contributed by atoms with E-state index in [1.54, 1.807) is 0 Å². The van der Waals surface area contributed by atoms with Crippen LogP contribution in [0.2, 0.25) is 0 Å². The fourth-order valence-electron chi connectivity index (χ4n) is 4.04. The minimum Gasteiger partial charge on any atom is -0.313 e. The Balaban J connectivity index is 1.91. The van der Waals surface area contributed by atoms with E-state index in [1.807, 2.05) is 0 Å². The second-order valence-corrected chi connectivity index (χ2v) is 8.94. The average Bonchev–Trinajstić information content (AvgIpc) is 2.91. The maximum atomic E-state index is 12.5. The Morgan fingerprint density at radius 1 is 1.00 bits per heavy atom. The summed E-state index contributed by atoms with van der Waals surface area (Å²) in [5.41, 5.74) is 0. The molecule has 0 bridgehead atoms. The van der Waals surface area contributed by atoms with Gasteiger partial charge in [-0.25, -0.2) is 8.42 Å². The number of rotatable bonds is 7. The van der Waals surface area contributed by atoms with Gasteiger partial charge in [-0.15, -0.1) is 0 Å². The SMILES string of the molecule is CCNC(CS(=O)(=O)CC1CCCC1)C1CCCCC1. The molecular weight excluding hydrogens is 270 g/mol. The molecule has 4 heteroatoms. The average molecular weight is 301 g/mol. The molecule has 20 heavy (non-hydrogen) atoms. The van der Waals surface area contributed by atoms with Crippen LogP contribution < -0.4 is 5.32 Å². The molecule has 1 N–H and O–H groups in total. The van der Waals surface area contributed by atoms with Gasteiger partial charge in [0.15, 0.2) is 9.84 Å². The molecular formula is C16H31NO2S. The highest BCUT2D eigenvalue weighted by atomic mass is 32.2. The van der Waals surface area contributed by atoms with Gasteiger partial charge in [0, 0.05) is 6.04 Å². The molecule has 0 heterocycles. The molecule has 2 aliphatic rings. The smallest absolute Gasteiger partial charge is 0.152 e. The van der Waals surface area contributed by atoms with Gasteiger partial charge in [-0.3, -0.25) is 0 Å². The second kappa shape index (κ2) is 7.79. The van der Waals surface area contributed by atoms with E-state index >= 15 is 0 Å². The molecule has 0 saturated heterocycles. The lowest BCUT2D eigenvalue weighted by atomic mass is 9.84.